The van der Waals surface area contributed by atoms with Crippen molar-refractivity contribution in [2.24, 2.45) is 0 Å². The lowest BCUT2D eigenvalue weighted by Gasteiger charge is -2.19. The molecule has 5 atom stereocenters. The highest BCUT2D eigenvalue weighted by Gasteiger charge is 2.53. The Morgan fingerprint density at radius 3 is 2.75 bits per heavy atom. The minimum Gasteiger partial charge on any atom is -0.394 e. The summed E-state index contributed by atoms with van der Waals surface area (Å²) in [7, 11) is 1.42. The molecule has 110 valence electrons. The summed E-state index contributed by atoms with van der Waals surface area (Å²) in [5.41, 5.74) is -1.12. The number of fused-ring (bicyclic) bond motifs is 1. The van der Waals surface area contributed by atoms with E-state index in [1.54, 1.807) is 0 Å². The molecule has 2 fully saturated rings. The quantitative estimate of drug-likeness (QED) is 0.670. The summed E-state index contributed by atoms with van der Waals surface area (Å²) in [4.78, 5) is 25.0. The Hall–Kier alpha value is -1.52. The zero-order valence-corrected chi connectivity index (χ0v) is 10.6. The largest absolute Gasteiger partial charge is 0.394 e. The molecule has 0 saturated carbocycles. The Bertz CT molecular complexity index is 597. The monoisotopic (exact) mass is 286 g/mol. The summed E-state index contributed by atoms with van der Waals surface area (Å²) in [6.07, 6.45) is -1.29. The number of rotatable bonds is 3. The van der Waals surface area contributed by atoms with Gasteiger partial charge in [0.2, 0.25) is 0 Å². The van der Waals surface area contributed by atoms with Crippen molar-refractivity contribution in [3.63, 3.8) is 0 Å². The van der Waals surface area contributed by atoms with Crippen LogP contribution in [0.3, 0.4) is 0 Å². The Balaban J connectivity index is 1.93. The van der Waals surface area contributed by atoms with Crippen molar-refractivity contribution in [3.8, 4) is 0 Å². The van der Waals surface area contributed by atoms with Gasteiger partial charge in [-0.15, -0.1) is 0 Å². The van der Waals surface area contributed by atoms with E-state index < -0.39 is 42.3 Å². The number of H-pyrrole nitrogens is 1. The van der Waals surface area contributed by atoms with Crippen LogP contribution in [0.2, 0.25) is 0 Å². The first-order chi connectivity index (χ1) is 9.63. The van der Waals surface area contributed by atoms with Gasteiger partial charge in [0.1, 0.15) is 18.3 Å². The van der Waals surface area contributed by atoms with Crippen molar-refractivity contribution in [3.05, 3.63) is 33.1 Å². The molecule has 1 aromatic heterocycles. The second-order valence-electron chi connectivity index (χ2n) is 4.49. The molecule has 0 spiro atoms. The van der Waals surface area contributed by atoms with Crippen LogP contribution in [0.1, 0.15) is 6.23 Å². The standard InChI is InChI=1S/C11H14N2O7/c1-17-11-19-7-5(4-14)18-9(8(7)20-11)13-3-2-6(15)12-10(13)16/h2-3,5,7-9,11,14H,4H2,1H3,(H,12,15,16)/t5-,7?,8?,9-,11?/m1/s1. The van der Waals surface area contributed by atoms with Crippen LogP contribution in [-0.4, -0.2) is 53.2 Å². The van der Waals surface area contributed by atoms with E-state index in [4.69, 9.17) is 18.9 Å². The maximum absolute atomic E-state index is 11.8. The van der Waals surface area contributed by atoms with Crippen molar-refractivity contribution in [1.29, 1.82) is 0 Å². The van der Waals surface area contributed by atoms with E-state index >= 15 is 0 Å². The summed E-state index contributed by atoms with van der Waals surface area (Å²) < 4.78 is 22.6. The van der Waals surface area contributed by atoms with Gasteiger partial charge in [-0.05, 0) is 0 Å². The minimum atomic E-state index is -0.871. The first kappa shape index (κ1) is 13.5. The number of aromatic nitrogens is 2. The Labute approximate surface area is 112 Å². The summed E-state index contributed by atoms with van der Waals surface area (Å²) >= 11 is 0. The van der Waals surface area contributed by atoms with Crippen molar-refractivity contribution in [2.75, 3.05) is 13.7 Å². The molecule has 0 aliphatic carbocycles. The molecule has 2 N–H and O–H groups in total. The number of ether oxygens (including phenoxy) is 4. The molecule has 2 aliphatic heterocycles. The molecule has 3 heterocycles. The van der Waals surface area contributed by atoms with Crippen LogP contribution < -0.4 is 11.2 Å². The predicted molar refractivity (Wildman–Crippen MR) is 62.9 cm³/mol. The molecule has 9 nitrogen and oxygen atoms in total. The number of aliphatic hydroxyl groups excluding tert-OH is 1. The normalized spacial score (nSPS) is 36.2. The fraction of sp³-hybridized carbons (Fsp3) is 0.636. The molecule has 1 aromatic rings. The molecule has 0 aromatic carbocycles. The van der Waals surface area contributed by atoms with E-state index in [2.05, 4.69) is 4.98 Å². The third kappa shape index (κ3) is 2.09. The van der Waals surface area contributed by atoms with Crippen LogP contribution in [0.15, 0.2) is 21.9 Å². The van der Waals surface area contributed by atoms with Crippen molar-refractivity contribution < 1.29 is 24.1 Å². The predicted octanol–water partition coefficient (Wildman–Crippen LogP) is -1.86. The number of aliphatic hydroxyl groups is 1. The zero-order chi connectivity index (χ0) is 14.3. The van der Waals surface area contributed by atoms with E-state index in [9.17, 15) is 14.7 Å². The van der Waals surface area contributed by atoms with Crippen molar-refractivity contribution in [1.82, 2.24) is 9.55 Å². The third-order valence-corrected chi connectivity index (χ3v) is 3.32. The molecule has 3 unspecified atom stereocenters. The number of hydrogen-bond acceptors (Lipinski definition) is 7. The highest BCUT2D eigenvalue weighted by molar-refractivity contribution is 4.96. The van der Waals surface area contributed by atoms with Gasteiger partial charge < -0.3 is 24.1 Å². The fourth-order valence-electron chi connectivity index (χ4n) is 2.42. The number of nitrogens with zero attached hydrogens (tertiary/aromatic N) is 1. The molecule has 3 rings (SSSR count). The lowest BCUT2D eigenvalue weighted by atomic mass is 10.1. The van der Waals surface area contributed by atoms with Crippen LogP contribution in [0.5, 0.6) is 0 Å². The van der Waals surface area contributed by atoms with E-state index in [1.807, 2.05) is 0 Å². The lowest BCUT2D eigenvalue weighted by molar-refractivity contribution is -0.257. The summed E-state index contributed by atoms with van der Waals surface area (Å²) in [5, 5.41) is 9.30. The van der Waals surface area contributed by atoms with Gasteiger partial charge in [0.05, 0.1) is 6.61 Å². The number of aromatic amines is 1. The number of hydrogen-bond donors (Lipinski definition) is 2. The Kier molecular flexibility index (Phi) is 3.44. The summed E-state index contributed by atoms with van der Waals surface area (Å²) in [6.45, 7) is -1.15. The van der Waals surface area contributed by atoms with Crippen LogP contribution >= 0.6 is 0 Å². The van der Waals surface area contributed by atoms with E-state index in [-0.39, 0.29) is 6.61 Å². The molecule has 0 amide bonds. The lowest BCUT2D eigenvalue weighted by Crippen LogP contribution is -2.36. The zero-order valence-electron chi connectivity index (χ0n) is 10.6. The smallest absolute Gasteiger partial charge is 0.330 e. The highest BCUT2D eigenvalue weighted by Crippen LogP contribution is 2.38. The van der Waals surface area contributed by atoms with Gasteiger partial charge in [-0.3, -0.25) is 14.3 Å². The van der Waals surface area contributed by atoms with Gasteiger partial charge in [-0.1, -0.05) is 0 Å². The average molecular weight is 286 g/mol. The summed E-state index contributed by atoms with van der Waals surface area (Å²) in [5.74, 6) is 0. The van der Waals surface area contributed by atoms with Gasteiger partial charge in [-0.2, -0.15) is 0 Å². The first-order valence-electron chi connectivity index (χ1n) is 6.05. The van der Waals surface area contributed by atoms with Crippen molar-refractivity contribution >= 4 is 0 Å². The fourth-order valence-corrected chi connectivity index (χ4v) is 2.42. The topological polar surface area (TPSA) is 112 Å². The van der Waals surface area contributed by atoms with Gasteiger partial charge in [-0.25, -0.2) is 4.79 Å². The van der Waals surface area contributed by atoms with Gasteiger partial charge in [0, 0.05) is 19.4 Å². The van der Waals surface area contributed by atoms with Gasteiger partial charge in [0.15, 0.2) is 6.23 Å². The molecular formula is C11H14N2O7. The van der Waals surface area contributed by atoms with E-state index in [1.165, 1.54) is 23.9 Å². The molecule has 2 saturated heterocycles. The van der Waals surface area contributed by atoms with Gasteiger partial charge in [0.25, 0.3) is 12.0 Å². The molecule has 9 heteroatoms. The maximum Gasteiger partial charge on any atom is 0.330 e. The van der Waals surface area contributed by atoms with Crippen molar-refractivity contribution in [2.45, 2.75) is 31.0 Å². The number of nitrogens with one attached hydrogen (secondary N) is 1. The average Bonchev–Trinajstić information content (AvgIpc) is 2.97. The first-order valence-corrected chi connectivity index (χ1v) is 6.05. The van der Waals surface area contributed by atoms with Crippen LogP contribution in [0.25, 0.3) is 0 Å². The van der Waals surface area contributed by atoms with E-state index in [0.29, 0.717) is 0 Å². The molecule has 2 aliphatic rings. The highest BCUT2D eigenvalue weighted by atomic mass is 16.9. The second-order valence-corrected chi connectivity index (χ2v) is 4.49. The minimum absolute atomic E-state index is 0.282. The molecule has 20 heavy (non-hydrogen) atoms. The third-order valence-electron chi connectivity index (χ3n) is 3.32. The summed E-state index contributed by atoms with van der Waals surface area (Å²) in [6, 6.07) is 1.20. The Morgan fingerprint density at radius 1 is 1.35 bits per heavy atom. The number of methoxy groups -OCH3 is 1. The Morgan fingerprint density at radius 2 is 2.10 bits per heavy atom. The van der Waals surface area contributed by atoms with E-state index in [0.717, 1.165) is 0 Å². The SMILES string of the molecule is COC1OC2C(O1)[C@@H](CO)O[C@H]2n1ccc(=O)[nH]c1=O. The van der Waals surface area contributed by atoms with Gasteiger partial charge >= 0.3 is 5.69 Å². The molecule has 0 radical (unpaired) electrons. The second kappa shape index (κ2) is 5.11. The molecule has 0 bridgehead atoms. The van der Waals surface area contributed by atoms with Crippen LogP contribution in [0, 0.1) is 0 Å². The molecular weight excluding hydrogens is 272 g/mol. The maximum atomic E-state index is 11.8. The van der Waals surface area contributed by atoms with Crippen LogP contribution in [-0.2, 0) is 18.9 Å². The van der Waals surface area contributed by atoms with Crippen LogP contribution in [0.4, 0.5) is 0 Å².